The Balaban J connectivity index is 1.67. The smallest absolute Gasteiger partial charge is 0.353 e. The summed E-state index contributed by atoms with van der Waals surface area (Å²) >= 11 is 5.70. The Hall–Kier alpha value is -2.15. The van der Waals surface area contributed by atoms with Crippen molar-refractivity contribution in [3.63, 3.8) is 0 Å². The molecule has 0 radical (unpaired) electrons. The van der Waals surface area contributed by atoms with Gasteiger partial charge in [0.15, 0.2) is 11.5 Å². The molecule has 2 aliphatic rings. The highest BCUT2D eigenvalue weighted by Crippen LogP contribution is 2.35. The normalized spacial score (nSPS) is 19.4. The van der Waals surface area contributed by atoms with E-state index in [-0.39, 0.29) is 22.7 Å². The summed E-state index contributed by atoms with van der Waals surface area (Å²) in [6, 6.07) is 4.30. The predicted molar refractivity (Wildman–Crippen MR) is 80.1 cm³/mol. The van der Waals surface area contributed by atoms with Gasteiger partial charge in [0.25, 0.3) is 5.91 Å². The summed E-state index contributed by atoms with van der Waals surface area (Å²) in [5.74, 6) is -2.26. The number of nitrogens with zero attached hydrogens (tertiary/aromatic N) is 2. The number of hydrogen-bond donors (Lipinski definition) is 1. The lowest BCUT2D eigenvalue weighted by Crippen LogP contribution is -2.47. The van der Waals surface area contributed by atoms with Crippen molar-refractivity contribution in [1.82, 2.24) is 4.90 Å². The number of rotatable bonds is 2. The molecule has 2 heterocycles. The number of carboxylic acids is 1. The average Bonchev–Trinajstić information content (AvgIpc) is 2.94. The van der Waals surface area contributed by atoms with Gasteiger partial charge in [-0.25, -0.2) is 9.18 Å². The molecule has 0 bridgehead atoms. The van der Waals surface area contributed by atoms with Gasteiger partial charge in [0.1, 0.15) is 5.60 Å². The van der Waals surface area contributed by atoms with E-state index in [2.05, 4.69) is 5.16 Å². The van der Waals surface area contributed by atoms with Gasteiger partial charge in [-0.1, -0.05) is 22.8 Å². The lowest BCUT2D eigenvalue weighted by Gasteiger charge is -2.37. The van der Waals surface area contributed by atoms with Crippen molar-refractivity contribution < 1.29 is 23.9 Å². The second-order valence-electron chi connectivity index (χ2n) is 5.69. The van der Waals surface area contributed by atoms with Gasteiger partial charge >= 0.3 is 5.97 Å². The summed E-state index contributed by atoms with van der Waals surface area (Å²) in [5.41, 5.74) is -0.744. The zero-order valence-corrected chi connectivity index (χ0v) is 12.8. The molecule has 0 atom stereocenters. The summed E-state index contributed by atoms with van der Waals surface area (Å²) in [7, 11) is 0. The number of carbonyl (C=O) groups is 2. The number of carboxylic acid groups (broad SMARTS) is 1. The second kappa shape index (κ2) is 5.81. The zero-order chi connectivity index (χ0) is 16.6. The highest BCUT2D eigenvalue weighted by Gasteiger charge is 2.44. The monoisotopic (exact) mass is 340 g/mol. The molecule has 1 aromatic carbocycles. The highest BCUT2D eigenvalue weighted by atomic mass is 35.5. The zero-order valence-electron chi connectivity index (χ0n) is 12.1. The van der Waals surface area contributed by atoms with Crippen LogP contribution in [0.1, 0.15) is 29.6 Å². The lowest BCUT2D eigenvalue weighted by atomic mass is 9.86. The van der Waals surface area contributed by atoms with Crippen LogP contribution in [0.25, 0.3) is 0 Å². The van der Waals surface area contributed by atoms with E-state index in [0.29, 0.717) is 25.9 Å². The Morgan fingerprint density at radius 2 is 2.04 bits per heavy atom. The van der Waals surface area contributed by atoms with Gasteiger partial charge in [0, 0.05) is 32.4 Å². The molecule has 1 N–H and O–H groups in total. The van der Waals surface area contributed by atoms with Crippen LogP contribution >= 0.6 is 11.6 Å². The van der Waals surface area contributed by atoms with Crippen molar-refractivity contribution in [3.05, 3.63) is 34.6 Å². The van der Waals surface area contributed by atoms with Crippen molar-refractivity contribution in [2.24, 2.45) is 5.16 Å². The molecular formula is C15H14ClFN2O4. The molecule has 1 aromatic rings. The Bertz CT molecular complexity index is 699. The van der Waals surface area contributed by atoms with E-state index in [1.807, 2.05) is 0 Å². The van der Waals surface area contributed by atoms with Crippen molar-refractivity contribution in [3.8, 4) is 0 Å². The van der Waals surface area contributed by atoms with E-state index in [9.17, 15) is 14.0 Å². The van der Waals surface area contributed by atoms with Crippen LogP contribution in [0.5, 0.6) is 0 Å². The van der Waals surface area contributed by atoms with Crippen LogP contribution in [0.15, 0.2) is 23.4 Å². The van der Waals surface area contributed by atoms with Crippen LogP contribution in [0.4, 0.5) is 4.39 Å². The van der Waals surface area contributed by atoms with E-state index >= 15 is 0 Å². The van der Waals surface area contributed by atoms with Crippen LogP contribution in [-0.2, 0) is 9.63 Å². The molecule has 23 heavy (non-hydrogen) atoms. The van der Waals surface area contributed by atoms with Gasteiger partial charge in [-0.15, -0.1) is 0 Å². The van der Waals surface area contributed by atoms with Crippen LogP contribution in [-0.4, -0.2) is 46.3 Å². The SMILES string of the molecule is O=C(O)C1=NOC2(CCN(C(=O)c3cccc(Cl)c3F)CC2)C1. The maximum absolute atomic E-state index is 14.0. The summed E-state index contributed by atoms with van der Waals surface area (Å²) in [5, 5.41) is 12.5. The van der Waals surface area contributed by atoms with Gasteiger partial charge in [-0.3, -0.25) is 4.79 Å². The van der Waals surface area contributed by atoms with Crippen LogP contribution < -0.4 is 0 Å². The fourth-order valence-corrected chi connectivity index (χ4v) is 3.04. The quantitative estimate of drug-likeness (QED) is 0.896. The third-order valence-corrected chi connectivity index (χ3v) is 4.52. The molecule has 1 spiro atoms. The molecule has 8 heteroatoms. The van der Waals surface area contributed by atoms with Gasteiger partial charge in [-0.2, -0.15) is 0 Å². The Morgan fingerprint density at radius 3 is 2.65 bits per heavy atom. The molecule has 1 fully saturated rings. The van der Waals surface area contributed by atoms with Crippen molar-refractivity contribution in [1.29, 1.82) is 0 Å². The third kappa shape index (κ3) is 2.88. The standard InChI is InChI=1S/C15H14ClFN2O4/c16-10-3-1-2-9(12(10)17)13(20)19-6-4-15(5-7-19)8-11(14(21)22)18-23-15/h1-3H,4-8H2,(H,21,22). The molecule has 3 rings (SSSR count). The molecular weight excluding hydrogens is 327 g/mol. The molecule has 1 saturated heterocycles. The number of likely N-dealkylation sites (tertiary alicyclic amines) is 1. The Labute approximate surface area is 136 Å². The van der Waals surface area contributed by atoms with E-state index in [0.717, 1.165) is 0 Å². The van der Waals surface area contributed by atoms with Gasteiger partial charge in [-0.05, 0) is 12.1 Å². The molecule has 0 aliphatic carbocycles. The van der Waals surface area contributed by atoms with Gasteiger partial charge < -0.3 is 14.8 Å². The van der Waals surface area contributed by atoms with E-state index in [1.165, 1.54) is 23.1 Å². The Morgan fingerprint density at radius 1 is 1.35 bits per heavy atom. The molecule has 0 unspecified atom stereocenters. The van der Waals surface area contributed by atoms with Gasteiger partial charge in [0.05, 0.1) is 10.6 Å². The number of halogens is 2. The molecule has 6 nitrogen and oxygen atoms in total. The number of hydrogen-bond acceptors (Lipinski definition) is 4. The lowest BCUT2D eigenvalue weighted by molar-refractivity contribution is -0.129. The fraction of sp³-hybridized carbons (Fsp3) is 0.400. The van der Waals surface area contributed by atoms with E-state index < -0.39 is 23.3 Å². The van der Waals surface area contributed by atoms with Crippen molar-refractivity contribution in [2.75, 3.05) is 13.1 Å². The minimum absolute atomic E-state index is 0.00865. The van der Waals surface area contributed by atoms with Crippen LogP contribution in [0.2, 0.25) is 5.02 Å². The largest absolute Gasteiger partial charge is 0.477 e. The number of amides is 1. The minimum Gasteiger partial charge on any atom is -0.477 e. The van der Waals surface area contributed by atoms with Crippen LogP contribution in [0.3, 0.4) is 0 Å². The molecule has 0 aromatic heterocycles. The first-order valence-electron chi connectivity index (χ1n) is 7.13. The first kappa shape index (κ1) is 15.7. The third-order valence-electron chi connectivity index (χ3n) is 4.23. The fourth-order valence-electron chi connectivity index (χ4n) is 2.86. The predicted octanol–water partition coefficient (Wildman–Crippen LogP) is 2.31. The van der Waals surface area contributed by atoms with Crippen LogP contribution in [0, 0.1) is 5.82 Å². The van der Waals surface area contributed by atoms with Crippen molar-refractivity contribution in [2.45, 2.75) is 24.9 Å². The number of carbonyl (C=O) groups excluding carboxylic acids is 1. The summed E-state index contributed by atoms with van der Waals surface area (Å²) in [6.07, 6.45) is 1.11. The summed E-state index contributed by atoms with van der Waals surface area (Å²) in [6.45, 7) is 0.681. The number of oxime groups is 1. The maximum Gasteiger partial charge on any atom is 0.353 e. The van der Waals surface area contributed by atoms with E-state index in [4.69, 9.17) is 21.5 Å². The average molecular weight is 341 g/mol. The maximum atomic E-state index is 14.0. The van der Waals surface area contributed by atoms with Crippen molar-refractivity contribution >= 4 is 29.2 Å². The number of benzene rings is 1. The molecule has 2 aliphatic heterocycles. The molecule has 0 saturated carbocycles. The molecule has 122 valence electrons. The second-order valence-corrected chi connectivity index (χ2v) is 6.09. The van der Waals surface area contributed by atoms with Gasteiger partial charge in [0.2, 0.25) is 0 Å². The number of aliphatic carboxylic acids is 1. The highest BCUT2D eigenvalue weighted by molar-refractivity contribution is 6.36. The first-order chi connectivity index (χ1) is 10.9. The summed E-state index contributed by atoms with van der Waals surface area (Å²) < 4.78 is 14.0. The molecule has 1 amide bonds. The minimum atomic E-state index is -1.10. The Kier molecular flexibility index (Phi) is 3.97. The first-order valence-corrected chi connectivity index (χ1v) is 7.51. The summed E-state index contributed by atoms with van der Waals surface area (Å²) in [4.78, 5) is 30.2. The topological polar surface area (TPSA) is 79.2 Å². The van der Waals surface area contributed by atoms with E-state index in [1.54, 1.807) is 0 Å². The number of piperidine rings is 1.